The fourth-order valence-electron chi connectivity index (χ4n) is 1.98. The molecule has 0 bridgehead atoms. The van der Waals surface area contributed by atoms with Gasteiger partial charge >= 0.3 is 0 Å². The number of amides is 1. The van der Waals surface area contributed by atoms with Gasteiger partial charge in [0.05, 0.1) is 25.5 Å². The van der Waals surface area contributed by atoms with E-state index in [2.05, 4.69) is 10.4 Å². The SMILES string of the molecule is COCC(CO)NC(=O)c1cnn(C)c1-n1cccc1. The van der Waals surface area contributed by atoms with Crippen molar-refractivity contribution in [1.82, 2.24) is 19.7 Å². The molecule has 0 radical (unpaired) electrons. The average Bonchev–Trinajstić information content (AvgIpc) is 3.06. The van der Waals surface area contributed by atoms with Gasteiger partial charge in [0.15, 0.2) is 0 Å². The first kappa shape index (κ1) is 14.3. The first-order valence-corrected chi connectivity index (χ1v) is 6.23. The number of aryl methyl sites for hydroxylation is 1. The number of aliphatic hydroxyl groups is 1. The summed E-state index contributed by atoms with van der Waals surface area (Å²) in [6.45, 7) is 0.0695. The lowest BCUT2D eigenvalue weighted by molar-refractivity contribution is 0.0839. The minimum Gasteiger partial charge on any atom is -0.394 e. The van der Waals surface area contributed by atoms with Crippen molar-refractivity contribution in [2.45, 2.75) is 6.04 Å². The van der Waals surface area contributed by atoms with Crippen molar-refractivity contribution in [3.8, 4) is 5.82 Å². The summed E-state index contributed by atoms with van der Waals surface area (Å²) in [5.41, 5.74) is 0.443. The molecule has 0 aliphatic carbocycles. The minimum absolute atomic E-state index is 0.182. The fraction of sp³-hybridized carbons (Fsp3) is 0.385. The van der Waals surface area contributed by atoms with Crippen molar-refractivity contribution in [1.29, 1.82) is 0 Å². The van der Waals surface area contributed by atoms with E-state index in [0.29, 0.717) is 11.4 Å². The van der Waals surface area contributed by atoms with Gasteiger partial charge in [-0.3, -0.25) is 9.48 Å². The van der Waals surface area contributed by atoms with Gasteiger partial charge in [0.1, 0.15) is 11.4 Å². The molecule has 2 aromatic heterocycles. The molecule has 1 amide bonds. The molecule has 0 saturated carbocycles. The third kappa shape index (κ3) is 2.89. The number of carbonyl (C=O) groups excluding carboxylic acids is 1. The first-order chi connectivity index (χ1) is 9.67. The molecule has 7 heteroatoms. The lowest BCUT2D eigenvalue weighted by Crippen LogP contribution is -2.40. The smallest absolute Gasteiger partial charge is 0.257 e. The minimum atomic E-state index is -0.440. The zero-order valence-electron chi connectivity index (χ0n) is 11.5. The number of hydrogen-bond donors (Lipinski definition) is 2. The molecule has 0 aliphatic rings. The van der Waals surface area contributed by atoms with E-state index in [1.54, 1.807) is 11.7 Å². The Morgan fingerprint density at radius 2 is 2.20 bits per heavy atom. The van der Waals surface area contributed by atoms with Crippen LogP contribution in [0, 0.1) is 0 Å². The van der Waals surface area contributed by atoms with Crippen LogP contribution in [0.25, 0.3) is 5.82 Å². The van der Waals surface area contributed by atoms with Crippen LogP contribution in [0.3, 0.4) is 0 Å². The van der Waals surface area contributed by atoms with Crippen molar-refractivity contribution in [2.75, 3.05) is 20.3 Å². The Morgan fingerprint density at radius 3 is 2.80 bits per heavy atom. The Hall–Kier alpha value is -2.12. The number of hydrogen-bond acceptors (Lipinski definition) is 4. The lowest BCUT2D eigenvalue weighted by atomic mass is 10.2. The molecule has 2 aromatic rings. The van der Waals surface area contributed by atoms with E-state index in [-0.39, 0.29) is 19.1 Å². The zero-order valence-corrected chi connectivity index (χ0v) is 11.5. The van der Waals surface area contributed by atoms with Crippen LogP contribution in [0.2, 0.25) is 0 Å². The standard InChI is InChI=1S/C13H18N4O3/c1-16-13(17-5-3-4-6-17)11(7-14-16)12(19)15-10(8-18)9-20-2/h3-7,10,18H,8-9H2,1-2H3,(H,15,19). The lowest BCUT2D eigenvalue weighted by Gasteiger charge is -2.15. The van der Waals surface area contributed by atoms with Crippen LogP contribution in [0.4, 0.5) is 0 Å². The Labute approximate surface area is 116 Å². The molecule has 108 valence electrons. The Morgan fingerprint density at radius 1 is 1.50 bits per heavy atom. The van der Waals surface area contributed by atoms with Crippen LogP contribution in [-0.4, -0.2) is 51.7 Å². The number of aliphatic hydroxyl groups excluding tert-OH is 1. The summed E-state index contributed by atoms with van der Waals surface area (Å²) in [7, 11) is 3.29. The summed E-state index contributed by atoms with van der Waals surface area (Å²) in [6, 6.07) is 3.30. The molecule has 2 N–H and O–H groups in total. The van der Waals surface area contributed by atoms with Gasteiger partial charge in [-0.05, 0) is 12.1 Å². The van der Waals surface area contributed by atoms with Gasteiger partial charge in [0, 0.05) is 26.6 Å². The first-order valence-electron chi connectivity index (χ1n) is 6.23. The number of rotatable bonds is 6. The summed E-state index contributed by atoms with van der Waals surface area (Å²) in [5, 5.41) is 16.0. The molecule has 0 saturated heterocycles. The molecule has 0 fully saturated rings. The maximum atomic E-state index is 12.3. The van der Waals surface area contributed by atoms with Gasteiger partial charge < -0.3 is 19.7 Å². The maximum absolute atomic E-state index is 12.3. The summed E-state index contributed by atoms with van der Waals surface area (Å²) >= 11 is 0. The van der Waals surface area contributed by atoms with E-state index < -0.39 is 6.04 Å². The third-order valence-corrected chi connectivity index (χ3v) is 2.92. The van der Waals surface area contributed by atoms with E-state index in [1.807, 2.05) is 29.1 Å². The summed E-state index contributed by atoms with van der Waals surface area (Å²) in [6.07, 6.45) is 5.19. The van der Waals surface area contributed by atoms with Crippen LogP contribution in [0.15, 0.2) is 30.7 Å². The molecule has 7 nitrogen and oxygen atoms in total. The van der Waals surface area contributed by atoms with Crippen molar-refractivity contribution in [2.24, 2.45) is 7.05 Å². The van der Waals surface area contributed by atoms with Crippen molar-refractivity contribution in [3.63, 3.8) is 0 Å². The molecule has 0 aromatic carbocycles. The van der Waals surface area contributed by atoms with E-state index in [4.69, 9.17) is 4.74 Å². The fourth-order valence-corrected chi connectivity index (χ4v) is 1.98. The van der Waals surface area contributed by atoms with E-state index in [9.17, 15) is 9.90 Å². The monoisotopic (exact) mass is 278 g/mol. The van der Waals surface area contributed by atoms with Gasteiger partial charge in [-0.2, -0.15) is 5.10 Å². The van der Waals surface area contributed by atoms with Crippen LogP contribution < -0.4 is 5.32 Å². The molecule has 20 heavy (non-hydrogen) atoms. The van der Waals surface area contributed by atoms with Gasteiger partial charge in [-0.1, -0.05) is 0 Å². The highest BCUT2D eigenvalue weighted by atomic mass is 16.5. The highest BCUT2D eigenvalue weighted by molar-refractivity contribution is 5.97. The average molecular weight is 278 g/mol. The highest BCUT2D eigenvalue weighted by Gasteiger charge is 2.19. The summed E-state index contributed by atoms with van der Waals surface area (Å²) in [4.78, 5) is 12.3. The van der Waals surface area contributed by atoms with Crippen LogP contribution in [0.1, 0.15) is 10.4 Å². The highest BCUT2D eigenvalue weighted by Crippen LogP contribution is 2.13. The molecule has 0 aliphatic heterocycles. The second-order valence-electron chi connectivity index (χ2n) is 4.40. The third-order valence-electron chi connectivity index (χ3n) is 2.92. The van der Waals surface area contributed by atoms with Gasteiger partial charge in [0.25, 0.3) is 5.91 Å². The Kier molecular flexibility index (Phi) is 4.54. The van der Waals surface area contributed by atoms with E-state index in [0.717, 1.165) is 0 Å². The Balaban J connectivity index is 2.23. The van der Waals surface area contributed by atoms with E-state index in [1.165, 1.54) is 13.3 Å². The number of nitrogens with zero attached hydrogens (tertiary/aromatic N) is 3. The topological polar surface area (TPSA) is 81.3 Å². The van der Waals surface area contributed by atoms with Crippen molar-refractivity contribution in [3.05, 3.63) is 36.3 Å². The predicted octanol–water partition coefficient (Wildman–Crippen LogP) is -0.0521. The number of aromatic nitrogens is 3. The molecule has 2 heterocycles. The normalized spacial score (nSPS) is 12.3. The largest absolute Gasteiger partial charge is 0.394 e. The Bertz CT molecular complexity index is 562. The van der Waals surface area contributed by atoms with Crippen molar-refractivity contribution >= 4 is 5.91 Å². The summed E-state index contributed by atoms with van der Waals surface area (Å²) < 4.78 is 8.37. The predicted molar refractivity (Wildman–Crippen MR) is 72.8 cm³/mol. The molecule has 2 rings (SSSR count). The molecule has 1 unspecified atom stereocenters. The van der Waals surface area contributed by atoms with Gasteiger partial charge in [-0.15, -0.1) is 0 Å². The van der Waals surface area contributed by atoms with Crippen LogP contribution in [0.5, 0.6) is 0 Å². The second kappa shape index (κ2) is 6.36. The zero-order chi connectivity index (χ0) is 14.5. The molecular weight excluding hydrogens is 260 g/mol. The quantitative estimate of drug-likeness (QED) is 0.776. The van der Waals surface area contributed by atoms with Crippen molar-refractivity contribution < 1.29 is 14.6 Å². The van der Waals surface area contributed by atoms with Gasteiger partial charge in [0.2, 0.25) is 0 Å². The van der Waals surface area contributed by atoms with E-state index >= 15 is 0 Å². The van der Waals surface area contributed by atoms with Gasteiger partial charge in [-0.25, -0.2) is 0 Å². The number of methoxy groups -OCH3 is 1. The van der Waals surface area contributed by atoms with Crippen LogP contribution >= 0.6 is 0 Å². The summed E-state index contributed by atoms with van der Waals surface area (Å²) in [5.74, 6) is 0.375. The number of carbonyl (C=O) groups is 1. The number of ether oxygens (including phenoxy) is 1. The van der Waals surface area contributed by atoms with Crippen LogP contribution in [-0.2, 0) is 11.8 Å². The molecule has 1 atom stereocenters. The second-order valence-corrected chi connectivity index (χ2v) is 4.40. The maximum Gasteiger partial charge on any atom is 0.257 e. The molecular formula is C13H18N4O3. The number of nitrogens with one attached hydrogen (secondary N) is 1. The molecule has 0 spiro atoms.